The molecule has 114 valence electrons. The Balaban J connectivity index is 2.09. The lowest BCUT2D eigenvalue weighted by atomic mass is 9.99. The van der Waals surface area contributed by atoms with Crippen LogP contribution >= 0.6 is 0 Å². The molecule has 2 N–H and O–H groups in total. The van der Waals surface area contributed by atoms with Crippen molar-refractivity contribution < 1.29 is 9.59 Å². The van der Waals surface area contributed by atoms with Crippen LogP contribution in [0.25, 0.3) is 0 Å². The van der Waals surface area contributed by atoms with Crippen LogP contribution < -0.4 is 10.9 Å². The van der Waals surface area contributed by atoms with Gasteiger partial charge in [-0.15, -0.1) is 0 Å². The normalized spacial score (nSPS) is 18.7. The first-order chi connectivity index (χ1) is 9.97. The van der Waals surface area contributed by atoms with Gasteiger partial charge in [-0.1, -0.05) is 19.9 Å². The highest BCUT2D eigenvalue weighted by molar-refractivity contribution is 5.89. The van der Waals surface area contributed by atoms with Gasteiger partial charge in [0.15, 0.2) is 0 Å². The Morgan fingerprint density at radius 2 is 2.14 bits per heavy atom. The fourth-order valence-corrected chi connectivity index (χ4v) is 2.52. The number of piperazine rings is 1. The third-order valence-electron chi connectivity index (χ3n) is 3.55. The molecule has 0 radical (unpaired) electrons. The molecular weight excluding hydrogens is 270 g/mol. The van der Waals surface area contributed by atoms with Crippen LogP contribution in [0.1, 0.15) is 25.8 Å². The van der Waals surface area contributed by atoms with Crippen molar-refractivity contribution in [3.05, 3.63) is 34.2 Å². The lowest BCUT2D eigenvalue weighted by molar-refractivity contribution is -0.143. The summed E-state index contributed by atoms with van der Waals surface area (Å²) in [4.78, 5) is 39.7. The maximum Gasteiger partial charge on any atom is 0.247 e. The first kappa shape index (κ1) is 15.3. The van der Waals surface area contributed by atoms with Gasteiger partial charge in [0, 0.05) is 25.4 Å². The third-order valence-corrected chi connectivity index (χ3v) is 3.55. The lowest BCUT2D eigenvalue weighted by Crippen LogP contribution is -2.57. The van der Waals surface area contributed by atoms with Gasteiger partial charge in [0.2, 0.25) is 17.4 Å². The predicted octanol–water partition coefficient (Wildman–Crippen LogP) is 0.290. The van der Waals surface area contributed by atoms with E-state index in [1.807, 2.05) is 13.8 Å². The quantitative estimate of drug-likeness (QED) is 0.836. The highest BCUT2D eigenvalue weighted by atomic mass is 16.2. The van der Waals surface area contributed by atoms with Gasteiger partial charge in [-0.05, 0) is 17.9 Å². The number of carbonyl (C=O) groups is 2. The molecule has 1 unspecified atom stereocenters. The minimum Gasteiger partial charge on any atom is -0.353 e. The largest absolute Gasteiger partial charge is 0.353 e. The van der Waals surface area contributed by atoms with Crippen molar-refractivity contribution in [2.24, 2.45) is 5.92 Å². The van der Waals surface area contributed by atoms with Crippen molar-refractivity contribution >= 4 is 11.8 Å². The summed E-state index contributed by atoms with van der Waals surface area (Å²) in [6, 6.07) is 2.64. The zero-order chi connectivity index (χ0) is 15.4. The summed E-state index contributed by atoms with van der Waals surface area (Å²) < 4.78 is 0. The minimum absolute atomic E-state index is 0.0789. The monoisotopic (exact) mass is 291 g/mol. The van der Waals surface area contributed by atoms with Gasteiger partial charge in [0.1, 0.15) is 6.04 Å². The summed E-state index contributed by atoms with van der Waals surface area (Å²) in [7, 11) is 0. The number of pyridine rings is 1. The van der Waals surface area contributed by atoms with Gasteiger partial charge in [-0.2, -0.15) is 0 Å². The first-order valence-corrected chi connectivity index (χ1v) is 7.22. The summed E-state index contributed by atoms with van der Waals surface area (Å²) in [5.41, 5.74) is 0.551. The molecule has 1 saturated heterocycles. The van der Waals surface area contributed by atoms with E-state index in [0.717, 1.165) is 5.56 Å². The number of rotatable bonds is 4. The maximum atomic E-state index is 12.4. The first-order valence-electron chi connectivity index (χ1n) is 7.22. The van der Waals surface area contributed by atoms with E-state index in [4.69, 9.17) is 0 Å². The van der Waals surface area contributed by atoms with E-state index >= 15 is 0 Å². The van der Waals surface area contributed by atoms with Crippen molar-refractivity contribution in [3.63, 3.8) is 0 Å². The third kappa shape index (κ3) is 3.93. The molecule has 2 rings (SSSR count). The Labute approximate surface area is 123 Å². The smallest absolute Gasteiger partial charge is 0.247 e. The van der Waals surface area contributed by atoms with Crippen molar-refractivity contribution in [1.29, 1.82) is 0 Å². The molecular formula is C15H21N3O3. The molecule has 0 bridgehead atoms. The van der Waals surface area contributed by atoms with Crippen molar-refractivity contribution in [1.82, 2.24) is 15.2 Å². The molecule has 2 amide bonds. The van der Waals surface area contributed by atoms with Crippen LogP contribution in [0.15, 0.2) is 23.1 Å². The Kier molecular flexibility index (Phi) is 4.77. The zero-order valence-electron chi connectivity index (χ0n) is 12.4. The van der Waals surface area contributed by atoms with Crippen LogP contribution in [-0.2, 0) is 16.0 Å². The number of aromatic amines is 1. The molecule has 1 aromatic rings. The van der Waals surface area contributed by atoms with E-state index in [1.54, 1.807) is 17.2 Å². The predicted molar refractivity (Wildman–Crippen MR) is 78.7 cm³/mol. The molecule has 0 aromatic carbocycles. The van der Waals surface area contributed by atoms with Crippen LogP contribution in [0, 0.1) is 5.92 Å². The number of amides is 2. The Morgan fingerprint density at radius 1 is 1.38 bits per heavy atom. The number of H-pyrrole nitrogens is 1. The SMILES string of the molecule is CC(C)CC1C(=O)NCCN1C(=O)Cc1ccc(=O)[nH]c1. The van der Waals surface area contributed by atoms with Crippen LogP contribution in [0.2, 0.25) is 0 Å². The van der Waals surface area contributed by atoms with Gasteiger partial charge in [0.25, 0.3) is 0 Å². The lowest BCUT2D eigenvalue weighted by Gasteiger charge is -2.36. The number of nitrogens with one attached hydrogen (secondary N) is 2. The average Bonchev–Trinajstić information content (AvgIpc) is 2.43. The molecule has 1 aliphatic rings. The van der Waals surface area contributed by atoms with Crippen LogP contribution in [0.3, 0.4) is 0 Å². The summed E-state index contributed by atoms with van der Waals surface area (Å²) >= 11 is 0. The van der Waals surface area contributed by atoms with Crippen molar-refractivity contribution in [2.45, 2.75) is 32.7 Å². The molecule has 1 aliphatic heterocycles. The van der Waals surface area contributed by atoms with Gasteiger partial charge in [0.05, 0.1) is 6.42 Å². The molecule has 6 heteroatoms. The second-order valence-electron chi connectivity index (χ2n) is 5.76. The Morgan fingerprint density at radius 3 is 2.76 bits per heavy atom. The van der Waals surface area contributed by atoms with Gasteiger partial charge in [-0.3, -0.25) is 14.4 Å². The van der Waals surface area contributed by atoms with Crippen LogP contribution in [-0.4, -0.2) is 40.8 Å². The van der Waals surface area contributed by atoms with Crippen molar-refractivity contribution in [3.8, 4) is 0 Å². The van der Waals surface area contributed by atoms with E-state index in [9.17, 15) is 14.4 Å². The molecule has 0 saturated carbocycles. The summed E-state index contributed by atoms with van der Waals surface area (Å²) in [6.45, 7) is 5.09. The maximum absolute atomic E-state index is 12.4. The Hall–Kier alpha value is -2.11. The van der Waals surface area contributed by atoms with E-state index in [1.165, 1.54) is 6.07 Å². The highest BCUT2D eigenvalue weighted by Gasteiger charge is 2.33. The molecule has 1 atom stereocenters. The van der Waals surface area contributed by atoms with Gasteiger partial charge < -0.3 is 15.2 Å². The minimum atomic E-state index is -0.394. The Bertz CT molecular complexity index is 559. The average molecular weight is 291 g/mol. The summed E-state index contributed by atoms with van der Waals surface area (Å²) in [5, 5.41) is 2.81. The molecule has 1 fully saturated rings. The molecule has 2 heterocycles. The molecule has 6 nitrogen and oxygen atoms in total. The molecule has 0 aliphatic carbocycles. The molecule has 0 spiro atoms. The molecule has 1 aromatic heterocycles. The zero-order valence-corrected chi connectivity index (χ0v) is 12.4. The molecule has 21 heavy (non-hydrogen) atoms. The van der Waals surface area contributed by atoms with E-state index in [0.29, 0.717) is 25.4 Å². The number of aromatic nitrogens is 1. The van der Waals surface area contributed by atoms with E-state index in [2.05, 4.69) is 10.3 Å². The number of hydrogen-bond acceptors (Lipinski definition) is 3. The van der Waals surface area contributed by atoms with Crippen molar-refractivity contribution in [2.75, 3.05) is 13.1 Å². The fourth-order valence-electron chi connectivity index (χ4n) is 2.52. The second kappa shape index (κ2) is 6.56. The second-order valence-corrected chi connectivity index (χ2v) is 5.76. The fraction of sp³-hybridized carbons (Fsp3) is 0.533. The summed E-state index contributed by atoms with van der Waals surface area (Å²) in [6.07, 6.45) is 2.39. The van der Waals surface area contributed by atoms with E-state index < -0.39 is 6.04 Å². The topological polar surface area (TPSA) is 82.3 Å². The summed E-state index contributed by atoms with van der Waals surface area (Å²) in [5.74, 6) is 0.176. The standard InChI is InChI=1S/C15H21N3O3/c1-10(2)7-12-15(21)16-5-6-18(12)14(20)8-11-3-4-13(19)17-9-11/h3-4,9-10,12H,5-8H2,1-2H3,(H,16,21)(H,17,19). The van der Waals surface area contributed by atoms with Gasteiger partial charge >= 0.3 is 0 Å². The highest BCUT2D eigenvalue weighted by Crippen LogP contribution is 2.16. The van der Waals surface area contributed by atoms with Gasteiger partial charge in [-0.25, -0.2) is 0 Å². The van der Waals surface area contributed by atoms with E-state index in [-0.39, 0.29) is 23.8 Å². The number of carbonyl (C=O) groups excluding carboxylic acids is 2. The number of nitrogens with zero attached hydrogens (tertiary/aromatic N) is 1. The van der Waals surface area contributed by atoms with Crippen LogP contribution in [0.5, 0.6) is 0 Å². The number of hydrogen-bond donors (Lipinski definition) is 2. The van der Waals surface area contributed by atoms with Crippen LogP contribution in [0.4, 0.5) is 0 Å².